The summed E-state index contributed by atoms with van der Waals surface area (Å²) in [7, 11) is 0. The van der Waals surface area contributed by atoms with Gasteiger partial charge in [0.25, 0.3) is 11.5 Å². The third-order valence-corrected chi connectivity index (χ3v) is 3.49. The highest BCUT2D eigenvalue weighted by Gasteiger charge is 2.14. The van der Waals surface area contributed by atoms with Crippen molar-refractivity contribution in [3.8, 4) is 0 Å². The van der Waals surface area contributed by atoms with Crippen LogP contribution < -0.4 is 10.9 Å². The third-order valence-electron chi connectivity index (χ3n) is 2.66. The van der Waals surface area contributed by atoms with Gasteiger partial charge in [0.1, 0.15) is 4.88 Å². The van der Waals surface area contributed by atoms with Gasteiger partial charge >= 0.3 is 0 Å². The Hall–Kier alpha value is -2.06. The van der Waals surface area contributed by atoms with Crippen LogP contribution in [0.1, 0.15) is 15.4 Å². The zero-order valence-electron chi connectivity index (χ0n) is 10.8. The number of aryl methyl sites for hydroxylation is 1. The van der Waals surface area contributed by atoms with Crippen molar-refractivity contribution in [2.45, 2.75) is 19.6 Å². The summed E-state index contributed by atoms with van der Waals surface area (Å²) in [5, 5.41) is 16.2. The van der Waals surface area contributed by atoms with Gasteiger partial charge in [0.2, 0.25) is 0 Å². The number of carbonyl (C=O) groups is 1. The molecule has 7 nitrogen and oxygen atoms in total. The minimum Gasteiger partial charge on any atom is -0.389 e. The van der Waals surface area contributed by atoms with Crippen LogP contribution in [0.15, 0.2) is 29.2 Å². The summed E-state index contributed by atoms with van der Waals surface area (Å²) in [5.41, 5.74) is 0.363. The van der Waals surface area contributed by atoms with E-state index in [4.69, 9.17) is 0 Å². The molecule has 0 aliphatic carbocycles. The standard InChI is InChI=1S/C12H14N4O3S/c1-8-11(20-15-14-8)12(19)13-6-9(17)7-16-5-3-2-4-10(16)18/h2-5,9,17H,6-7H2,1H3,(H,13,19). The Balaban J connectivity index is 1.88. The van der Waals surface area contributed by atoms with E-state index < -0.39 is 6.10 Å². The van der Waals surface area contributed by atoms with Crippen molar-refractivity contribution in [1.82, 2.24) is 19.5 Å². The molecule has 2 heterocycles. The van der Waals surface area contributed by atoms with Crippen molar-refractivity contribution < 1.29 is 9.90 Å². The maximum absolute atomic E-state index is 11.8. The van der Waals surface area contributed by atoms with Gasteiger partial charge in [-0.05, 0) is 24.5 Å². The lowest BCUT2D eigenvalue weighted by Crippen LogP contribution is -2.36. The quantitative estimate of drug-likeness (QED) is 0.796. The summed E-state index contributed by atoms with van der Waals surface area (Å²) in [6.07, 6.45) is 0.741. The number of carbonyl (C=O) groups excluding carboxylic acids is 1. The number of aromatic nitrogens is 3. The second-order valence-corrected chi connectivity index (χ2v) is 5.00. The number of hydrogen-bond acceptors (Lipinski definition) is 6. The smallest absolute Gasteiger partial charge is 0.265 e. The molecule has 0 aliphatic rings. The molecule has 2 rings (SSSR count). The predicted octanol–water partition coefficient (Wildman–Crippen LogP) is -0.201. The molecule has 1 amide bonds. The van der Waals surface area contributed by atoms with E-state index in [1.165, 1.54) is 10.6 Å². The van der Waals surface area contributed by atoms with E-state index in [2.05, 4.69) is 14.9 Å². The first kappa shape index (κ1) is 14.4. The van der Waals surface area contributed by atoms with Gasteiger partial charge in [0, 0.05) is 18.8 Å². The topological polar surface area (TPSA) is 97.1 Å². The van der Waals surface area contributed by atoms with Crippen molar-refractivity contribution in [1.29, 1.82) is 0 Å². The number of pyridine rings is 1. The zero-order valence-corrected chi connectivity index (χ0v) is 11.6. The average molecular weight is 294 g/mol. The maximum atomic E-state index is 11.8. The summed E-state index contributed by atoms with van der Waals surface area (Å²) in [6.45, 7) is 1.87. The van der Waals surface area contributed by atoms with E-state index in [0.717, 1.165) is 11.5 Å². The van der Waals surface area contributed by atoms with E-state index in [1.807, 2.05) is 0 Å². The number of amides is 1. The first-order valence-corrected chi connectivity index (χ1v) is 6.76. The highest BCUT2D eigenvalue weighted by Crippen LogP contribution is 2.08. The second kappa shape index (κ2) is 6.40. The van der Waals surface area contributed by atoms with Crippen molar-refractivity contribution >= 4 is 17.4 Å². The molecule has 2 N–H and O–H groups in total. The van der Waals surface area contributed by atoms with Crippen LogP contribution in [0.5, 0.6) is 0 Å². The third kappa shape index (κ3) is 3.49. The van der Waals surface area contributed by atoms with Crippen molar-refractivity contribution in [2.24, 2.45) is 0 Å². The Morgan fingerprint density at radius 1 is 1.55 bits per heavy atom. The molecule has 106 valence electrons. The molecule has 0 spiro atoms. The molecule has 1 atom stereocenters. The Kier molecular flexibility index (Phi) is 4.59. The molecule has 0 aromatic carbocycles. The molecular weight excluding hydrogens is 280 g/mol. The number of nitrogens with one attached hydrogen (secondary N) is 1. The van der Waals surface area contributed by atoms with Crippen LogP contribution in [0.3, 0.4) is 0 Å². The van der Waals surface area contributed by atoms with Crippen LogP contribution in [0.4, 0.5) is 0 Å². The summed E-state index contributed by atoms with van der Waals surface area (Å²) >= 11 is 1.01. The maximum Gasteiger partial charge on any atom is 0.265 e. The molecule has 0 saturated carbocycles. The van der Waals surface area contributed by atoms with Gasteiger partial charge in [-0.15, -0.1) is 5.10 Å². The summed E-state index contributed by atoms with van der Waals surface area (Å²) in [4.78, 5) is 23.7. The van der Waals surface area contributed by atoms with Gasteiger partial charge in [0.05, 0.1) is 18.3 Å². The Bertz CT molecular complexity index is 652. The fourth-order valence-electron chi connectivity index (χ4n) is 1.63. The minimum atomic E-state index is -0.847. The fourth-order valence-corrected chi connectivity index (χ4v) is 2.21. The molecular formula is C12H14N4O3S. The van der Waals surface area contributed by atoms with Crippen LogP contribution >= 0.6 is 11.5 Å². The van der Waals surface area contributed by atoms with Crippen LogP contribution in [-0.4, -0.2) is 37.8 Å². The molecule has 1 unspecified atom stereocenters. The van der Waals surface area contributed by atoms with Crippen LogP contribution in [-0.2, 0) is 6.54 Å². The molecule has 0 bridgehead atoms. The normalized spacial score (nSPS) is 12.1. The number of rotatable bonds is 5. The van der Waals surface area contributed by atoms with Crippen LogP contribution in [0.25, 0.3) is 0 Å². The van der Waals surface area contributed by atoms with Crippen LogP contribution in [0.2, 0.25) is 0 Å². The van der Waals surface area contributed by atoms with Gasteiger partial charge in [0.15, 0.2) is 0 Å². The molecule has 0 fully saturated rings. The minimum absolute atomic E-state index is 0.0531. The van der Waals surface area contributed by atoms with Crippen molar-refractivity contribution in [3.05, 3.63) is 45.3 Å². The summed E-state index contributed by atoms with van der Waals surface area (Å²) in [5.74, 6) is -0.322. The zero-order chi connectivity index (χ0) is 14.5. The molecule has 8 heteroatoms. The largest absolute Gasteiger partial charge is 0.389 e. The average Bonchev–Trinajstić information content (AvgIpc) is 2.85. The highest BCUT2D eigenvalue weighted by atomic mass is 32.1. The molecule has 0 radical (unpaired) electrons. The molecule has 2 aromatic heterocycles. The van der Waals surface area contributed by atoms with Gasteiger partial charge in [-0.25, -0.2) is 0 Å². The van der Waals surface area contributed by atoms with Gasteiger partial charge < -0.3 is 15.0 Å². The Morgan fingerprint density at radius 3 is 3.00 bits per heavy atom. The number of aliphatic hydroxyl groups excluding tert-OH is 1. The van der Waals surface area contributed by atoms with Crippen molar-refractivity contribution in [3.63, 3.8) is 0 Å². The first-order valence-electron chi connectivity index (χ1n) is 5.98. The first-order chi connectivity index (χ1) is 9.58. The highest BCUT2D eigenvalue weighted by molar-refractivity contribution is 7.07. The van der Waals surface area contributed by atoms with E-state index in [0.29, 0.717) is 10.6 Å². The Morgan fingerprint density at radius 2 is 2.35 bits per heavy atom. The lowest BCUT2D eigenvalue weighted by molar-refractivity contribution is 0.0906. The van der Waals surface area contributed by atoms with E-state index >= 15 is 0 Å². The summed E-state index contributed by atoms with van der Waals surface area (Å²) < 4.78 is 5.06. The number of hydrogen-bond donors (Lipinski definition) is 2. The van der Waals surface area contributed by atoms with E-state index in [9.17, 15) is 14.7 Å². The van der Waals surface area contributed by atoms with Gasteiger partial charge in [-0.2, -0.15) is 0 Å². The van der Waals surface area contributed by atoms with Gasteiger partial charge in [-0.1, -0.05) is 10.6 Å². The monoisotopic (exact) mass is 294 g/mol. The SMILES string of the molecule is Cc1nnsc1C(=O)NCC(O)Cn1ccccc1=O. The lowest BCUT2D eigenvalue weighted by atomic mass is 10.3. The lowest BCUT2D eigenvalue weighted by Gasteiger charge is -2.13. The molecule has 0 saturated heterocycles. The summed E-state index contributed by atoms with van der Waals surface area (Å²) in [6, 6.07) is 4.75. The Labute approximate surface area is 119 Å². The van der Waals surface area contributed by atoms with Crippen molar-refractivity contribution in [2.75, 3.05) is 6.54 Å². The fraction of sp³-hybridized carbons (Fsp3) is 0.333. The van der Waals surface area contributed by atoms with Crippen LogP contribution in [0, 0.1) is 6.92 Å². The number of nitrogens with zero attached hydrogens (tertiary/aromatic N) is 3. The second-order valence-electron chi connectivity index (χ2n) is 4.24. The predicted molar refractivity (Wildman–Crippen MR) is 73.7 cm³/mol. The number of aliphatic hydroxyl groups is 1. The van der Waals surface area contributed by atoms with E-state index in [-0.39, 0.29) is 24.6 Å². The van der Waals surface area contributed by atoms with Gasteiger partial charge in [-0.3, -0.25) is 9.59 Å². The molecule has 2 aromatic rings. The van der Waals surface area contributed by atoms with E-state index in [1.54, 1.807) is 25.3 Å². The molecule has 20 heavy (non-hydrogen) atoms. The molecule has 0 aliphatic heterocycles.